The number of hydrogen-bond donors (Lipinski definition) is 1. The second-order valence-electron chi connectivity index (χ2n) is 3.09. The Bertz CT molecular complexity index is 414. The minimum absolute atomic E-state index is 0.0434. The van der Waals surface area contributed by atoms with Gasteiger partial charge < -0.3 is 9.84 Å². The van der Waals surface area contributed by atoms with Crippen molar-refractivity contribution < 1.29 is 23.4 Å². The van der Waals surface area contributed by atoms with Gasteiger partial charge in [-0.1, -0.05) is 11.6 Å². The fourth-order valence-electron chi connectivity index (χ4n) is 1.16. The summed E-state index contributed by atoms with van der Waals surface area (Å²) in [5.41, 5.74) is 1.13. The van der Waals surface area contributed by atoms with Crippen LogP contribution in [0.1, 0.15) is 11.1 Å². The molecule has 5 heteroatoms. The molecule has 3 nitrogen and oxygen atoms in total. The number of carbonyl (C=O) groups is 1. The SMILES string of the molecule is Cc1ccc(OC(F)F)c(/C=C/C(=O)O)c1. The third-order valence-corrected chi connectivity index (χ3v) is 1.79. The van der Waals surface area contributed by atoms with E-state index in [1.807, 2.05) is 0 Å². The van der Waals surface area contributed by atoms with E-state index in [-0.39, 0.29) is 5.75 Å². The van der Waals surface area contributed by atoms with Crippen LogP contribution in [0.4, 0.5) is 8.78 Å². The van der Waals surface area contributed by atoms with Crippen molar-refractivity contribution in [2.24, 2.45) is 0 Å². The zero-order chi connectivity index (χ0) is 12.1. The average molecular weight is 228 g/mol. The number of carboxylic acids is 1. The highest BCUT2D eigenvalue weighted by atomic mass is 19.3. The molecule has 0 radical (unpaired) electrons. The molecule has 0 aromatic heterocycles. The molecule has 0 amide bonds. The Hall–Kier alpha value is -1.91. The molecule has 0 saturated heterocycles. The Labute approximate surface area is 91.0 Å². The van der Waals surface area contributed by atoms with Gasteiger partial charge in [-0.25, -0.2) is 4.79 Å². The molecule has 1 aromatic rings. The van der Waals surface area contributed by atoms with Crippen molar-refractivity contribution in [3.8, 4) is 5.75 Å². The maximum atomic E-state index is 12.0. The van der Waals surface area contributed by atoms with Crippen LogP contribution in [-0.2, 0) is 4.79 Å². The average Bonchev–Trinajstić information content (AvgIpc) is 2.17. The Balaban J connectivity index is 3.03. The summed E-state index contributed by atoms with van der Waals surface area (Å²) < 4.78 is 28.3. The number of hydrogen-bond acceptors (Lipinski definition) is 2. The number of halogens is 2. The van der Waals surface area contributed by atoms with Gasteiger partial charge >= 0.3 is 12.6 Å². The van der Waals surface area contributed by atoms with Crippen molar-refractivity contribution in [2.75, 3.05) is 0 Å². The molecule has 16 heavy (non-hydrogen) atoms. The van der Waals surface area contributed by atoms with E-state index >= 15 is 0 Å². The van der Waals surface area contributed by atoms with Gasteiger partial charge in [-0.05, 0) is 25.1 Å². The second kappa shape index (κ2) is 5.25. The fraction of sp³-hybridized carbons (Fsp3) is 0.182. The summed E-state index contributed by atoms with van der Waals surface area (Å²) in [6, 6.07) is 4.55. The van der Waals surface area contributed by atoms with Crippen LogP contribution in [0, 0.1) is 6.92 Å². The molecule has 0 saturated carbocycles. The summed E-state index contributed by atoms with van der Waals surface area (Å²) in [6.07, 6.45) is 2.08. The first kappa shape index (κ1) is 12.2. The van der Waals surface area contributed by atoms with Gasteiger partial charge in [0, 0.05) is 11.6 Å². The lowest BCUT2D eigenvalue weighted by molar-refractivity contribution is -0.131. The molecule has 0 fully saturated rings. The fourth-order valence-corrected chi connectivity index (χ4v) is 1.16. The molecule has 1 aromatic carbocycles. The van der Waals surface area contributed by atoms with E-state index in [2.05, 4.69) is 4.74 Å². The predicted octanol–water partition coefficient (Wildman–Crippen LogP) is 2.69. The predicted molar refractivity (Wildman–Crippen MR) is 54.5 cm³/mol. The van der Waals surface area contributed by atoms with E-state index in [0.717, 1.165) is 11.6 Å². The van der Waals surface area contributed by atoms with Gasteiger partial charge in [0.2, 0.25) is 0 Å². The van der Waals surface area contributed by atoms with Crippen LogP contribution in [0.25, 0.3) is 6.08 Å². The molecule has 0 heterocycles. The molecule has 0 aliphatic heterocycles. The van der Waals surface area contributed by atoms with Crippen molar-refractivity contribution in [3.05, 3.63) is 35.4 Å². The third kappa shape index (κ3) is 3.68. The Morgan fingerprint density at radius 3 is 2.75 bits per heavy atom. The monoisotopic (exact) mass is 228 g/mol. The number of alkyl halides is 2. The van der Waals surface area contributed by atoms with Crippen molar-refractivity contribution in [3.63, 3.8) is 0 Å². The van der Waals surface area contributed by atoms with Crippen molar-refractivity contribution >= 4 is 12.0 Å². The van der Waals surface area contributed by atoms with Gasteiger partial charge in [0.25, 0.3) is 0 Å². The van der Waals surface area contributed by atoms with Crippen LogP contribution < -0.4 is 4.74 Å². The van der Waals surface area contributed by atoms with Crippen LogP contribution in [0.5, 0.6) is 5.75 Å². The van der Waals surface area contributed by atoms with E-state index in [4.69, 9.17) is 5.11 Å². The molecule has 1 rings (SSSR count). The quantitative estimate of drug-likeness (QED) is 0.806. The number of rotatable bonds is 4. The molecule has 0 spiro atoms. The highest BCUT2D eigenvalue weighted by Gasteiger charge is 2.08. The first-order chi connectivity index (χ1) is 7.49. The van der Waals surface area contributed by atoms with E-state index in [0.29, 0.717) is 5.56 Å². The minimum atomic E-state index is -2.93. The minimum Gasteiger partial charge on any atom is -0.478 e. The molecule has 0 aliphatic rings. The zero-order valence-electron chi connectivity index (χ0n) is 8.48. The van der Waals surface area contributed by atoms with Crippen molar-refractivity contribution in [1.29, 1.82) is 0 Å². The number of aliphatic carboxylic acids is 1. The first-order valence-electron chi connectivity index (χ1n) is 4.45. The van der Waals surface area contributed by atoms with E-state index in [9.17, 15) is 13.6 Å². The first-order valence-corrected chi connectivity index (χ1v) is 4.45. The number of ether oxygens (including phenoxy) is 1. The summed E-state index contributed by atoms with van der Waals surface area (Å²) in [7, 11) is 0. The highest BCUT2D eigenvalue weighted by Crippen LogP contribution is 2.23. The largest absolute Gasteiger partial charge is 0.478 e. The van der Waals surface area contributed by atoms with Crippen LogP contribution in [0.15, 0.2) is 24.3 Å². The normalized spacial score (nSPS) is 11.0. The Morgan fingerprint density at radius 1 is 1.50 bits per heavy atom. The maximum Gasteiger partial charge on any atom is 0.387 e. The van der Waals surface area contributed by atoms with E-state index in [1.54, 1.807) is 19.1 Å². The standard InChI is InChI=1S/C11H10F2O3/c1-7-2-4-9(16-11(12)13)8(6-7)3-5-10(14)15/h2-6,11H,1H3,(H,14,15)/b5-3+. The molecule has 0 bridgehead atoms. The Kier molecular flexibility index (Phi) is 3.99. The summed E-state index contributed by atoms with van der Waals surface area (Å²) in [4.78, 5) is 10.3. The lowest BCUT2D eigenvalue weighted by Crippen LogP contribution is -2.03. The van der Waals surface area contributed by atoms with Crippen molar-refractivity contribution in [1.82, 2.24) is 0 Å². The molecule has 0 aliphatic carbocycles. The number of aryl methyl sites for hydroxylation is 1. The van der Waals surface area contributed by atoms with Gasteiger partial charge in [-0.15, -0.1) is 0 Å². The summed E-state index contributed by atoms with van der Waals surface area (Å²) >= 11 is 0. The van der Waals surface area contributed by atoms with Crippen LogP contribution in [-0.4, -0.2) is 17.7 Å². The van der Waals surface area contributed by atoms with Gasteiger partial charge in [0.1, 0.15) is 5.75 Å². The molecule has 0 unspecified atom stereocenters. The Morgan fingerprint density at radius 2 is 2.19 bits per heavy atom. The van der Waals surface area contributed by atoms with Gasteiger partial charge in [-0.2, -0.15) is 8.78 Å². The zero-order valence-corrected chi connectivity index (χ0v) is 8.48. The maximum absolute atomic E-state index is 12.0. The second-order valence-corrected chi connectivity index (χ2v) is 3.09. The summed E-state index contributed by atoms with van der Waals surface area (Å²) in [6.45, 7) is -1.16. The lowest BCUT2D eigenvalue weighted by Gasteiger charge is -2.08. The van der Waals surface area contributed by atoms with Gasteiger partial charge in [-0.3, -0.25) is 0 Å². The highest BCUT2D eigenvalue weighted by molar-refractivity contribution is 5.85. The van der Waals surface area contributed by atoms with Gasteiger partial charge in [0.15, 0.2) is 0 Å². The van der Waals surface area contributed by atoms with Crippen LogP contribution in [0.3, 0.4) is 0 Å². The lowest BCUT2D eigenvalue weighted by atomic mass is 10.1. The number of benzene rings is 1. The molecular weight excluding hydrogens is 218 g/mol. The van der Waals surface area contributed by atoms with Gasteiger partial charge in [0.05, 0.1) is 0 Å². The molecule has 86 valence electrons. The third-order valence-electron chi connectivity index (χ3n) is 1.79. The molecule has 1 N–H and O–H groups in total. The van der Waals surface area contributed by atoms with E-state index in [1.165, 1.54) is 12.1 Å². The summed E-state index contributed by atoms with van der Waals surface area (Å²) in [5.74, 6) is -1.19. The van der Waals surface area contributed by atoms with Crippen molar-refractivity contribution in [2.45, 2.75) is 13.5 Å². The van der Waals surface area contributed by atoms with Crippen LogP contribution >= 0.6 is 0 Å². The topological polar surface area (TPSA) is 46.5 Å². The van der Waals surface area contributed by atoms with Crippen LogP contribution in [0.2, 0.25) is 0 Å². The summed E-state index contributed by atoms with van der Waals surface area (Å²) in [5, 5.41) is 8.44. The number of carboxylic acid groups (broad SMARTS) is 1. The van der Waals surface area contributed by atoms with E-state index < -0.39 is 12.6 Å². The molecular formula is C11H10F2O3. The molecule has 0 atom stereocenters. The smallest absolute Gasteiger partial charge is 0.387 e.